The van der Waals surface area contributed by atoms with E-state index in [-0.39, 0.29) is 5.91 Å². The number of hydrogen-bond acceptors (Lipinski definition) is 1. The SMILES string of the molecule is C/C=C/CN1CCc2ccccc2C1=O. The van der Waals surface area contributed by atoms with Gasteiger partial charge in [0, 0.05) is 18.7 Å². The molecule has 0 radical (unpaired) electrons. The van der Waals surface area contributed by atoms with Gasteiger partial charge in [-0.25, -0.2) is 0 Å². The maximum absolute atomic E-state index is 12.0. The van der Waals surface area contributed by atoms with Crippen molar-refractivity contribution in [3.8, 4) is 0 Å². The highest BCUT2D eigenvalue weighted by atomic mass is 16.2. The molecule has 0 N–H and O–H groups in total. The Bertz CT molecular complexity index is 395. The zero-order chi connectivity index (χ0) is 10.7. The van der Waals surface area contributed by atoms with Crippen molar-refractivity contribution < 1.29 is 4.79 Å². The number of rotatable bonds is 2. The van der Waals surface area contributed by atoms with Crippen LogP contribution in [0.2, 0.25) is 0 Å². The van der Waals surface area contributed by atoms with Gasteiger partial charge in [-0.15, -0.1) is 0 Å². The molecule has 1 aliphatic rings. The lowest BCUT2D eigenvalue weighted by atomic mass is 9.99. The minimum absolute atomic E-state index is 0.162. The second kappa shape index (κ2) is 4.30. The van der Waals surface area contributed by atoms with E-state index in [1.165, 1.54) is 5.56 Å². The summed E-state index contributed by atoms with van der Waals surface area (Å²) in [5.41, 5.74) is 2.05. The molecular weight excluding hydrogens is 186 g/mol. The van der Waals surface area contributed by atoms with E-state index in [1.807, 2.05) is 48.2 Å². The van der Waals surface area contributed by atoms with Crippen LogP contribution in [-0.4, -0.2) is 23.9 Å². The van der Waals surface area contributed by atoms with Crippen LogP contribution in [-0.2, 0) is 6.42 Å². The van der Waals surface area contributed by atoms with Crippen LogP contribution in [0.1, 0.15) is 22.8 Å². The van der Waals surface area contributed by atoms with Crippen LogP contribution < -0.4 is 0 Å². The van der Waals surface area contributed by atoms with Crippen molar-refractivity contribution in [2.75, 3.05) is 13.1 Å². The van der Waals surface area contributed by atoms with Crippen LogP contribution in [0.4, 0.5) is 0 Å². The first-order valence-corrected chi connectivity index (χ1v) is 5.31. The molecule has 0 unspecified atom stereocenters. The summed E-state index contributed by atoms with van der Waals surface area (Å²) in [6.07, 6.45) is 4.97. The zero-order valence-electron chi connectivity index (χ0n) is 8.94. The molecule has 2 nitrogen and oxygen atoms in total. The van der Waals surface area contributed by atoms with E-state index in [2.05, 4.69) is 0 Å². The minimum atomic E-state index is 0.162. The van der Waals surface area contributed by atoms with Crippen molar-refractivity contribution >= 4 is 5.91 Å². The number of nitrogens with zero attached hydrogens (tertiary/aromatic N) is 1. The molecule has 1 aromatic rings. The van der Waals surface area contributed by atoms with Gasteiger partial charge in [0.25, 0.3) is 5.91 Å². The summed E-state index contributed by atoms with van der Waals surface area (Å²) in [6, 6.07) is 7.88. The third-order valence-corrected chi connectivity index (χ3v) is 2.75. The Labute approximate surface area is 90.2 Å². The fourth-order valence-corrected chi connectivity index (χ4v) is 1.88. The molecule has 78 valence electrons. The number of benzene rings is 1. The van der Waals surface area contributed by atoms with E-state index in [1.54, 1.807) is 0 Å². The first-order valence-electron chi connectivity index (χ1n) is 5.31. The van der Waals surface area contributed by atoms with Crippen molar-refractivity contribution in [3.63, 3.8) is 0 Å². The molecule has 0 aromatic heterocycles. The van der Waals surface area contributed by atoms with Crippen LogP contribution in [0.5, 0.6) is 0 Å². The maximum atomic E-state index is 12.0. The fourth-order valence-electron chi connectivity index (χ4n) is 1.88. The Hall–Kier alpha value is -1.57. The number of hydrogen-bond donors (Lipinski definition) is 0. The summed E-state index contributed by atoms with van der Waals surface area (Å²) in [7, 11) is 0. The number of allylic oxidation sites excluding steroid dienone is 1. The highest BCUT2D eigenvalue weighted by Crippen LogP contribution is 2.18. The Balaban J connectivity index is 2.22. The van der Waals surface area contributed by atoms with E-state index in [9.17, 15) is 4.79 Å². The molecule has 0 saturated carbocycles. The van der Waals surface area contributed by atoms with E-state index >= 15 is 0 Å². The number of amides is 1. The summed E-state index contributed by atoms with van der Waals surface area (Å²) >= 11 is 0. The average molecular weight is 201 g/mol. The first-order chi connectivity index (χ1) is 7.33. The van der Waals surface area contributed by atoms with Gasteiger partial charge in [-0.2, -0.15) is 0 Å². The average Bonchev–Trinajstić information content (AvgIpc) is 2.29. The second-order valence-electron chi connectivity index (χ2n) is 3.73. The summed E-state index contributed by atoms with van der Waals surface area (Å²) < 4.78 is 0. The van der Waals surface area contributed by atoms with Crippen LogP contribution in [0, 0.1) is 0 Å². The van der Waals surface area contributed by atoms with Crippen LogP contribution in [0.25, 0.3) is 0 Å². The van der Waals surface area contributed by atoms with Gasteiger partial charge in [0.1, 0.15) is 0 Å². The molecule has 0 saturated heterocycles. The van der Waals surface area contributed by atoms with Gasteiger partial charge in [-0.1, -0.05) is 30.4 Å². The standard InChI is InChI=1S/C13H15NO/c1-2-3-9-14-10-8-11-6-4-5-7-12(11)13(14)15/h2-7H,8-10H2,1H3/b3-2+. The minimum Gasteiger partial charge on any atom is -0.335 e. The van der Waals surface area contributed by atoms with Gasteiger partial charge < -0.3 is 4.90 Å². The van der Waals surface area contributed by atoms with Crippen LogP contribution in [0.3, 0.4) is 0 Å². The lowest BCUT2D eigenvalue weighted by Gasteiger charge is -2.27. The van der Waals surface area contributed by atoms with Gasteiger partial charge in [0.2, 0.25) is 0 Å². The maximum Gasteiger partial charge on any atom is 0.254 e. The van der Waals surface area contributed by atoms with Gasteiger partial charge >= 0.3 is 0 Å². The van der Waals surface area contributed by atoms with Gasteiger partial charge in [-0.05, 0) is 25.0 Å². The van der Waals surface area contributed by atoms with Crippen molar-refractivity contribution in [2.45, 2.75) is 13.3 Å². The molecule has 0 fully saturated rings. The summed E-state index contributed by atoms with van der Waals surface area (Å²) in [6.45, 7) is 3.53. The van der Waals surface area contributed by atoms with Crippen molar-refractivity contribution in [2.24, 2.45) is 0 Å². The highest BCUT2D eigenvalue weighted by molar-refractivity contribution is 5.96. The van der Waals surface area contributed by atoms with E-state index in [4.69, 9.17) is 0 Å². The van der Waals surface area contributed by atoms with Gasteiger partial charge in [0.15, 0.2) is 0 Å². The molecular formula is C13H15NO. The largest absolute Gasteiger partial charge is 0.335 e. The molecule has 2 heteroatoms. The van der Waals surface area contributed by atoms with Crippen molar-refractivity contribution in [1.82, 2.24) is 4.90 Å². The topological polar surface area (TPSA) is 20.3 Å². The summed E-state index contributed by atoms with van der Waals surface area (Å²) in [5, 5.41) is 0. The molecule has 2 rings (SSSR count). The lowest BCUT2D eigenvalue weighted by molar-refractivity contribution is 0.0759. The Morgan fingerprint density at radius 1 is 1.40 bits per heavy atom. The summed E-state index contributed by atoms with van der Waals surface area (Å²) in [4.78, 5) is 13.9. The van der Waals surface area contributed by atoms with Gasteiger partial charge in [-0.3, -0.25) is 4.79 Å². The fraction of sp³-hybridized carbons (Fsp3) is 0.308. The van der Waals surface area contributed by atoms with E-state index < -0.39 is 0 Å². The normalized spacial score (nSPS) is 15.8. The molecule has 1 heterocycles. The molecule has 0 aliphatic carbocycles. The molecule has 1 aliphatic heterocycles. The predicted octanol–water partition coefficient (Wildman–Crippen LogP) is 2.26. The third-order valence-electron chi connectivity index (χ3n) is 2.75. The van der Waals surface area contributed by atoms with Crippen molar-refractivity contribution in [1.29, 1.82) is 0 Å². The molecule has 0 spiro atoms. The molecule has 0 atom stereocenters. The van der Waals surface area contributed by atoms with Crippen LogP contribution >= 0.6 is 0 Å². The lowest BCUT2D eigenvalue weighted by Crippen LogP contribution is -2.37. The number of carbonyl (C=O) groups is 1. The second-order valence-corrected chi connectivity index (χ2v) is 3.73. The number of fused-ring (bicyclic) bond motifs is 1. The number of carbonyl (C=O) groups excluding carboxylic acids is 1. The van der Waals surface area contributed by atoms with E-state index in [0.29, 0.717) is 0 Å². The quantitative estimate of drug-likeness (QED) is 0.672. The third kappa shape index (κ3) is 1.94. The smallest absolute Gasteiger partial charge is 0.254 e. The molecule has 1 amide bonds. The molecule has 15 heavy (non-hydrogen) atoms. The Morgan fingerprint density at radius 2 is 2.20 bits per heavy atom. The monoisotopic (exact) mass is 201 g/mol. The van der Waals surface area contributed by atoms with Crippen LogP contribution in [0.15, 0.2) is 36.4 Å². The predicted molar refractivity (Wildman–Crippen MR) is 60.9 cm³/mol. The van der Waals surface area contributed by atoms with Gasteiger partial charge in [0.05, 0.1) is 0 Å². The summed E-state index contributed by atoms with van der Waals surface area (Å²) in [5.74, 6) is 0.162. The van der Waals surface area contributed by atoms with E-state index in [0.717, 1.165) is 25.1 Å². The highest BCUT2D eigenvalue weighted by Gasteiger charge is 2.22. The Morgan fingerprint density at radius 3 is 3.00 bits per heavy atom. The molecule has 1 aromatic carbocycles. The molecule has 0 bridgehead atoms. The van der Waals surface area contributed by atoms with Crippen molar-refractivity contribution in [3.05, 3.63) is 47.5 Å². The zero-order valence-corrected chi connectivity index (χ0v) is 8.94. The first kappa shape index (κ1) is 9.97. The Kier molecular flexibility index (Phi) is 2.86.